The number of anilines is 3. The molecule has 2 aromatic heterocycles. The molecule has 1 fully saturated rings. The number of unbranched alkanes of at least 4 members (excludes halogenated alkanes) is 1. The fraction of sp³-hybridized carbons (Fsp3) is 0.440. The molecule has 0 spiro atoms. The third-order valence-electron chi connectivity index (χ3n) is 6.24. The van der Waals surface area contributed by atoms with E-state index in [1.807, 2.05) is 18.2 Å². The van der Waals surface area contributed by atoms with Crippen LogP contribution in [0, 0.1) is 0 Å². The number of nitrogens with zero attached hydrogens (tertiary/aromatic N) is 5. The summed E-state index contributed by atoms with van der Waals surface area (Å²) in [5, 5.41) is 7.03. The van der Waals surface area contributed by atoms with Gasteiger partial charge in [-0.3, -0.25) is 9.59 Å². The Morgan fingerprint density at radius 2 is 1.97 bits per heavy atom. The van der Waals surface area contributed by atoms with Crippen molar-refractivity contribution in [3.63, 3.8) is 0 Å². The van der Waals surface area contributed by atoms with Crippen LogP contribution in [0.2, 0.25) is 5.02 Å². The number of benzene rings is 1. The molecular weight excluding hydrogens is 609 g/mol. The van der Waals surface area contributed by atoms with Crippen molar-refractivity contribution in [2.45, 2.75) is 19.4 Å². The maximum atomic E-state index is 13.2. The highest BCUT2D eigenvalue weighted by Crippen LogP contribution is 2.28. The summed E-state index contributed by atoms with van der Waals surface area (Å²) in [4.78, 5) is 38.4. The van der Waals surface area contributed by atoms with E-state index in [9.17, 15) is 9.59 Å². The summed E-state index contributed by atoms with van der Waals surface area (Å²) in [7, 11) is 3.63. The van der Waals surface area contributed by atoms with E-state index in [2.05, 4.69) is 60.0 Å². The van der Waals surface area contributed by atoms with Gasteiger partial charge in [0.2, 0.25) is 5.95 Å². The average Bonchev–Trinajstić information content (AvgIpc) is 2.90. The molecule has 0 aliphatic carbocycles. The van der Waals surface area contributed by atoms with Gasteiger partial charge in [0.05, 0.1) is 11.7 Å². The summed E-state index contributed by atoms with van der Waals surface area (Å²) in [5.41, 5.74) is 1.30. The van der Waals surface area contributed by atoms with E-state index in [0.29, 0.717) is 23.3 Å². The van der Waals surface area contributed by atoms with Gasteiger partial charge in [-0.25, -0.2) is 4.98 Å². The lowest BCUT2D eigenvalue weighted by molar-refractivity contribution is -0.122. The highest BCUT2D eigenvalue weighted by atomic mass is 127. The number of hydrogen-bond donors (Lipinski definition) is 2. The number of likely N-dealkylation sites (N-methyl/N-ethyl adjacent to an activating group) is 2. The van der Waals surface area contributed by atoms with Crippen LogP contribution in [0.3, 0.4) is 0 Å². The number of hydrogen-bond acceptors (Lipinski definition) is 8. The molecule has 0 unspecified atom stereocenters. The number of aryl methyl sites for hydroxylation is 1. The molecule has 1 amide bonds. The number of pyridine rings is 1. The SMILES string of the molecule is CNC(=O)COc1cc2cc(Nc3nc(N4CCN(C)CC4)ncc3Cl)ccc2n(CCCCI)c1=O. The van der Waals surface area contributed by atoms with Gasteiger partial charge in [-0.1, -0.05) is 34.2 Å². The third kappa shape index (κ3) is 6.82. The molecule has 0 atom stereocenters. The van der Waals surface area contributed by atoms with E-state index in [0.717, 1.165) is 60.0 Å². The Bertz CT molecular complexity index is 1310. The summed E-state index contributed by atoms with van der Waals surface area (Å²) >= 11 is 8.77. The van der Waals surface area contributed by atoms with Crippen molar-refractivity contribution in [2.75, 3.05) is 61.5 Å². The number of halogens is 2. The number of piperazine rings is 1. The fourth-order valence-corrected chi connectivity index (χ4v) is 4.76. The Morgan fingerprint density at radius 1 is 1.19 bits per heavy atom. The maximum absolute atomic E-state index is 13.2. The Balaban J connectivity index is 1.64. The molecule has 1 aromatic carbocycles. The molecule has 0 saturated carbocycles. The van der Waals surface area contributed by atoms with Crippen molar-refractivity contribution >= 4 is 68.5 Å². The second-order valence-electron chi connectivity index (χ2n) is 8.88. The van der Waals surface area contributed by atoms with Crippen LogP contribution < -0.4 is 25.8 Å². The van der Waals surface area contributed by atoms with Crippen LogP contribution in [0.4, 0.5) is 17.5 Å². The highest BCUT2D eigenvalue weighted by molar-refractivity contribution is 14.1. The smallest absolute Gasteiger partial charge is 0.293 e. The summed E-state index contributed by atoms with van der Waals surface area (Å²) in [5.74, 6) is 0.979. The second-order valence-corrected chi connectivity index (χ2v) is 10.4. The van der Waals surface area contributed by atoms with Crippen LogP contribution >= 0.6 is 34.2 Å². The molecule has 2 N–H and O–H groups in total. The minimum atomic E-state index is -0.305. The molecule has 1 saturated heterocycles. The van der Waals surface area contributed by atoms with Gasteiger partial charge in [-0.2, -0.15) is 4.98 Å². The molecule has 10 nitrogen and oxygen atoms in total. The number of nitrogens with one attached hydrogen (secondary N) is 2. The van der Waals surface area contributed by atoms with Crippen molar-refractivity contribution in [3.05, 3.63) is 45.8 Å². The predicted molar refractivity (Wildman–Crippen MR) is 156 cm³/mol. The number of carbonyl (C=O) groups excluding carboxylic acids is 1. The number of aromatic nitrogens is 3. The largest absolute Gasteiger partial charge is 0.478 e. The lowest BCUT2D eigenvalue weighted by atomic mass is 10.1. The number of alkyl halides is 1. The Hall–Kier alpha value is -2.64. The van der Waals surface area contributed by atoms with E-state index >= 15 is 0 Å². The van der Waals surface area contributed by atoms with Gasteiger partial charge in [-0.05, 0) is 48.6 Å². The number of ether oxygens (including phenoxy) is 1. The first kappa shape index (κ1) is 27.4. The van der Waals surface area contributed by atoms with Gasteiger partial charge in [0, 0.05) is 50.8 Å². The van der Waals surface area contributed by atoms with Gasteiger partial charge in [0.25, 0.3) is 11.5 Å². The molecule has 3 aromatic rings. The van der Waals surface area contributed by atoms with Crippen molar-refractivity contribution in [3.8, 4) is 5.75 Å². The summed E-state index contributed by atoms with van der Waals surface area (Å²) in [6.07, 6.45) is 3.48. The molecule has 12 heteroatoms. The van der Waals surface area contributed by atoms with E-state index in [1.54, 1.807) is 16.8 Å². The minimum absolute atomic E-state index is 0.139. The Kier molecular flexibility index (Phi) is 9.43. The van der Waals surface area contributed by atoms with Gasteiger partial charge in [0.15, 0.2) is 18.2 Å². The van der Waals surface area contributed by atoms with Gasteiger partial charge in [-0.15, -0.1) is 0 Å². The van der Waals surface area contributed by atoms with Crippen LogP contribution in [-0.4, -0.2) is 76.7 Å². The maximum Gasteiger partial charge on any atom is 0.293 e. The van der Waals surface area contributed by atoms with Crippen LogP contribution in [0.1, 0.15) is 12.8 Å². The first-order valence-electron chi connectivity index (χ1n) is 12.2. The normalized spacial score (nSPS) is 14.1. The molecule has 1 aliphatic heterocycles. The second kappa shape index (κ2) is 12.7. The molecular formula is C25H31ClIN7O3. The first-order valence-corrected chi connectivity index (χ1v) is 14.1. The average molecular weight is 640 g/mol. The quantitative estimate of drug-likeness (QED) is 0.198. The van der Waals surface area contributed by atoms with Gasteiger partial charge < -0.3 is 29.7 Å². The van der Waals surface area contributed by atoms with Gasteiger partial charge in [0.1, 0.15) is 5.02 Å². The Labute approximate surface area is 234 Å². The van der Waals surface area contributed by atoms with E-state index in [-0.39, 0.29) is 23.8 Å². The lowest BCUT2D eigenvalue weighted by Crippen LogP contribution is -2.45. The fourth-order valence-electron chi connectivity index (χ4n) is 4.09. The zero-order valence-electron chi connectivity index (χ0n) is 21.0. The van der Waals surface area contributed by atoms with E-state index in [4.69, 9.17) is 16.3 Å². The number of rotatable bonds is 10. The molecule has 4 rings (SSSR count). The first-order chi connectivity index (χ1) is 17.9. The summed E-state index contributed by atoms with van der Waals surface area (Å²) < 4.78 is 8.33. The zero-order valence-corrected chi connectivity index (χ0v) is 23.9. The number of carbonyl (C=O) groups is 1. The predicted octanol–water partition coefficient (Wildman–Crippen LogP) is 3.28. The summed E-state index contributed by atoms with van der Waals surface area (Å²) in [6, 6.07) is 7.40. The van der Waals surface area contributed by atoms with Crippen molar-refractivity contribution < 1.29 is 9.53 Å². The standard InChI is InChI=1S/C25H31ClIN7O3/c1-28-22(35)16-37-21-14-17-13-18(5-6-20(17)34(24(21)36)8-4-3-7-27)30-23-19(26)15-29-25(31-23)33-11-9-32(2)10-12-33/h5-6,13-15H,3-4,7-12,16H2,1-2H3,(H,28,35)(H,29,30,31). The number of fused-ring (bicyclic) bond motifs is 1. The zero-order chi connectivity index (χ0) is 26.4. The minimum Gasteiger partial charge on any atom is -0.478 e. The molecule has 0 radical (unpaired) electrons. The van der Waals surface area contributed by atoms with E-state index in [1.165, 1.54) is 7.05 Å². The van der Waals surface area contributed by atoms with Crippen LogP contribution in [-0.2, 0) is 11.3 Å². The van der Waals surface area contributed by atoms with Crippen molar-refractivity contribution in [1.82, 2.24) is 24.8 Å². The van der Waals surface area contributed by atoms with Crippen LogP contribution in [0.15, 0.2) is 35.3 Å². The molecule has 0 bridgehead atoms. The lowest BCUT2D eigenvalue weighted by Gasteiger charge is -2.32. The molecule has 198 valence electrons. The monoisotopic (exact) mass is 639 g/mol. The topological polar surface area (TPSA) is 105 Å². The third-order valence-corrected chi connectivity index (χ3v) is 7.28. The highest BCUT2D eigenvalue weighted by Gasteiger charge is 2.18. The van der Waals surface area contributed by atoms with Crippen molar-refractivity contribution in [1.29, 1.82) is 0 Å². The molecule has 37 heavy (non-hydrogen) atoms. The molecule has 1 aliphatic rings. The number of amides is 1. The van der Waals surface area contributed by atoms with Crippen LogP contribution in [0.5, 0.6) is 5.75 Å². The Morgan fingerprint density at radius 3 is 2.70 bits per heavy atom. The van der Waals surface area contributed by atoms with Crippen molar-refractivity contribution in [2.24, 2.45) is 0 Å². The summed E-state index contributed by atoms with van der Waals surface area (Å²) in [6.45, 7) is 3.93. The molecule has 3 heterocycles. The van der Waals surface area contributed by atoms with Crippen LogP contribution in [0.25, 0.3) is 10.9 Å². The van der Waals surface area contributed by atoms with Gasteiger partial charge >= 0.3 is 0 Å². The van der Waals surface area contributed by atoms with E-state index < -0.39 is 0 Å².